The van der Waals surface area contributed by atoms with Crippen molar-refractivity contribution in [1.82, 2.24) is 0 Å². The third-order valence-electron chi connectivity index (χ3n) is 3.65. The van der Waals surface area contributed by atoms with Crippen LogP contribution in [0.5, 0.6) is 0 Å². The van der Waals surface area contributed by atoms with Crippen LogP contribution in [0.3, 0.4) is 0 Å². The topological polar surface area (TPSA) is 46.2 Å². The Morgan fingerprint density at radius 1 is 1.38 bits per heavy atom. The minimum Gasteiger partial charge on any atom is -0.391 e. The van der Waals surface area contributed by atoms with Gasteiger partial charge in [0.25, 0.3) is 0 Å². The first-order chi connectivity index (χ1) is 10.1. The van der Waals surface area contributed by atoms with Crippen molar-refractivity contribution in [3.63, 3.8) is 0 Å². The summed E-state index contributed by atoms with van der Waals surface area (Å²) in [5, 5.41) is 10.5. The van der Waals surface area contributed by atoms with E-state index in [0.29, 0.717) is 6.42 Å². The van der Waals surface area contributed by atoms with Gasteiger partial charge >= 0.3 is 0 Å². The van der Waals surface area contributed by atoms with E-state index in [1.807, 2.05) is 30.4 Å². The largest absolute Gasteiger partial charge is 0.391 e. The third-order valence-corrected chi connectivity index (χ3v) is 4.51. The monoisotopic (exact) mass is 325 g/mol. The summed E-state index contributed by atoms with van der Waals surface area (Å²) in [7, 11) is 0. The molecule has 2 nitrogen and oxygen atoms in total. The van der Waals surface area contributed by atoms with Gasteiger partial charge < -0.3 is 10.8 Å². The van der Waals surface area contributed by atoms with Crippen molar-refractivity contribution in [2.24, 2.45) is 5.73 Å². The molecule has 0 heterocycles. The lowest BCUT2D eigenvalue weighted by molar-refractivity contribution is 0.183. The van der Waals surface area contributed by atoms with Crippen LogP contribution in [0.4, 0.5) is 0 Å². The predicted octanol–water partition coefficient (Wildman–Crippen LogP) is 3.85. The normalized spacial score (nSPS) is 21.0. The molecule has 21 heavy (non-hydrogen) atoms. The molecule has 0 amide bonds. The van der Waals surface area contributed by atoms with E-state index >= 15 is 0 Å². The lowest BCUT2D eigenvalue weighted by atomic mass is 9.97. The van der Waals surface area contributed by atoms with Crippen LogP contribution in [0.15, 0.2) is 40.9 Å². The van der Waals surface area contributed by atoms with Gasteiger partial charge in [-0.15, -0.1) is 11.6 Å². The van der Waals surface area contributed by atoms with Gasteiger partial charge in [0.1, 0.15) is 0 Å². The maximum Gasteiger partial charge on any atom is 0.0702 e. The zero-order valence-corrected chi connectivity index (χ0v) is 13.4. The van der Waals surface area contributed by atoms with E-state index in [1.54, 1.807) is 0 Å². The highest BCUT2D eigenvalue weighted by molar-refractivity contribution is 6.32. The van der Waals surface area contributed by atoms with Crippen LogP contribution in [0, 0.1) is 0 Å². The molecule has 1 unspecified atom stereocenters. The summed E-state index contributed by atoms with van der Waals surface area (Å²) in [5.74, 6) is 0. The molecule has 3 N–H and O–H groups in total. The molecule has 2 atom stereocenters. The Bertz CT molecular complexity index is 539. The Labute approximate surface area is 136 Å². The number of halogens is 2. The molecular weight excluding hydrogens is 305 g/mol. The zero-order valence-electron chi connectivity index (χ0n) is 11.9. The van der Waals surface area contributed by atoms with Crippen LogP contribution >= 0.6 is 23.2 Å². The van der Waals surface area contributed by atoms with Gasteiger partial charge in [-0.25, -0.2) is 0 Å². The fourth-order valence-electron chi connectivity index (χ4n) is 2.47. The van der Waals surface area contributed by atoms with Gasteiger partial charge in [0.15, 0.2) is 0 Å². The van der Waals surface area contributed by atoms with Crippen LogP contribution in [0.1, 0.15) is 30.4 Å². The van der Waals surface area contributed by atoms with Gasteiger partial charge in [-0.1, -0.05) is 48.0 Å². The molecule has 2 rings (SSSR count). The van der Waals surface area contributed by atoms with Gasteiger partial charge in [0.05, 0.1) is 11.5 Å². The van der Waals surface area contributed by atoms with Gasteiger partial charge in [-0.2, -0.15) is 0 Å². The van der Waals surface area contributed by atoms with Crippen LogP contribution in [-0.2, 0) is 6.42 Å². The van der Waals surface area contributed by atoms with E-state index in [9.17, 15) is 5.11 Å². The molecular formula is C17H21Cl2NO. The van der Waals surface area contributed by atoms with Crippen molar-refractivity contribution < 1.29 is 5.11 Å². The molecule has 1 aromatic carbocycles. The molecule has 114 valence electrons. The van der Waals surface area contributed by atoms with Crippen LogP contribution < -0.4 is 5.73 Å². The molecule has 0 bridgehead atoms. The fraction of sp³-hybridized carbons (Fsp3) is 0.412. The second kappa shape index (κ2) is 8.00. The van der Waals surface area contributed by atoms with E-state index in [0.717, 1.165) is 41.0 Å². The van der Waals surface area contributed by atoms with Gasteiger partial charge in [-0.3, -0.25) is 0 Å². The predicted molar refractivity (Wildman–Crippen MR) is 90.6 cm³/mol. The van der Waals surface area contributed by atoms with Crippen molar-refractivity contribution >= 4 is 29.3 Å². The second-order valence-corrected chi connectivity index (χ2v) is 6.38. The quantitative estimate of drug-likeness (QED) is 0.808. The highest BCUT2D eigenvalue weighted by Gasteiger charge is 2.17. The number of alkyl halides is 1. The molecule has 0 aliphatic heterocycles. The number of rotatable bonds is 5. The first-order valence-electron chi connectivity index (χ1n) is 7.28. The van der Waals surface area contributed by atoms with Crippen LogP contribution in [0.2, 0.25) is 0 Å². The zero-order chi connectivity index (χ0) is 15.2. The highest BCUT2D eigenvalue weighted by atomic mass is 35.5. The Morgan fingerprint density at radius 3 is 2.90 bits per heavy atom. The number of aliphatic hydroxyl groups excluding tert-OH is 1. The van der Waals surface area contributed by atoms with Gasteiger partial charge in [-0.05, 0) is 42.4 Å². The average molecular weight is 326 g/mol. The molecule has 0 saturated heterocycles. The van der Waals surface area contributed by atoms with E-state index in [2.05, 4.69) is 6.07 Å². The van der Waals surface area contributed by atoms with Crippen LogP contribution in [-0.4, -0.2) is 23.1 Å². The van der Waals surface area contributed by atoms with E-state index in [4.69, 9.17) is 28.9 Å². The van der Waals surface area contributed by atoms with Crippen molar-refractivity contribution in [3.8, 4) is 0 Å². The van der Waals surface area contributed by atoms with E-state index in [-0.39, 0.29) is 11.9 Å². The number of hydrogen-bond donors (Lipinski definition) is 2. The second-order valence-electron chi connectivity index (χ2n) is 5.39. The molecule has 0 fully saturated rings. The maximum absolute atomic E-state index is 9.62. The first-order valence-corrected chi connectivity index (χ1v) is 8.09. The summed E-state index contributed by atoms with van der Waals surface area (Å²) < 4.78 is 0. The molecule has 0 saturated carbocycles. The molecule has 1 aromatic rings. The van der Waals surface area contributed by atoms with Gasteiger partial charge in [0, 0.05) is 11.6 Å². The van der Waals surface area contributed by atoms with Crippen molar-refractivity contribution in [2.45, 2.75) is 37.2 Å². The molecule has 1 aliphatic rings. The summed E-state index contributed by atoms with van der Waals surface area (Å²) in [4.78, 5) is 0. The minimum absolute atomic E-state index is 0.00439. The maximum atomic E-state index is 9.62. The van der Waals surface area contributed by atoms with Crippen molar-refractivity contribution in [1.29, 1.82) is 0 Å². The van der Waals surface area contributed by atoms with E-state index < -0.39 is 6.10 Å². The summed E-state index contributed by atoms with van der Waals surface area (Å²) in [5.41, 5.74) is 8.61. The summed E-state index contributed by atoms with van der Waals surface area (Å²) in [6.07, 6.45) is 7.05. The number of aliphatic hydroxyl groups is 1. The Morgan fingerprint density at radius 2 is 2.19 bits per heavy atom. The fourth-order valence-corrected chi connectivity index (χ4v) is 3.21. The molecule has 0 spiro atoms. The molecule has 0 radical (unpaired) electrons. The SMILES string of the molecule is NC[C@@H](O)Cc1cccc(/C=C/C2=C(Cl)CCCC2Cl)c1. The highest BCUT2D eigenvalue weighted by Crippen LogP contribution is 2.32. The smallest absolute Gasteiger partial charge is 0.0702 e. The lowest BCUT2D eigenvalue weighted by Crippen LogP contribution is -2.21. The Hall–Kier alpha value is -0.800. The number of benzene rings is 1. The Balaban J connectivity index is 2.12. The summed E-state index contributed by atoms with van der Waals surface area (Å²) >= 11 is 12.6. The minimum atomic E-state index is -0.494. The Kier molecular flexibility index (Phi) is 6.31. The molecule has 4 heteroatoms. The van der Waals surface area contributed by atoms with Gasteiger partial charge in [0.2, 0.25) is 0 Å². The summed E-state index contributed by atoms with van der Waals surface area (Å²) in [6, 6.07) is 8.05. The number of allylic oxidation sites excluding steroid dienone is 3. The van der Waals surface area contributed by atoms with Crippen molar-refractivity contribution in [2.75, 3.05) is 6.54 Å². The third kappa shape index (κ3) is 4.86. The van der Waals surface area contributed by atoms with Crippen molar-refractivity contribution in [3.05, 3.63) is 52.1 Å². The molecule has 0 aromatic heterocycles. The standard InChI is InChI=1S/C17H21Cl2NO/c18-16-5-2-6-17(19)15(16)8-7-12-3-1-4-13(9-12)10-14(21)11-20/h1,3-4,7-9,14,16,21H,2,5-6,10-11,20H2/b8-7+/t14-,16?/m0/s1. The average Bonchev–Trinajstić information content (AvgIpc) is 2.47. The first kappa shape index (κ1) is 16.6. The molecule has 1 aliphatic carbocycles. The summed E-state index contributed by atoms with van der Waals surface area (Å²) in [6.45, 7) is 0.274. The van der Waals surface area contributed by atoms with Crippen LogP contribution in [0.25, 0.3) is 6.08 Å². The lowest BCUT2D eigenvalue weighted by Gasteiger charge is -2.18. The van der Waals surface area contributed by atoms with E-state index in [1.165, 1.54) is 0 Å². The number of hydrogen-bond acceptors (Lipinski definition) is 2. The number of nitrogens with two attached hydrogens (primary N) is 1.